The Morgan fingerprint density at radius 2 is 2.35 bits per heavy atom. The van der Waals surface area contributed by atoms with Crippen LogP contribution in [0.5, 0.6) is 0 Å². The minimum Gasteiger partial charge on any atom is -0.476 e. The number of carboxylic acid groups (broad SMARTS) is 1. The third-order valence-electron chi connectivity index (χ3n) is 2.76. The van der Waals surface area contributed by atoms with Crippen molar-refractivity contribution in [2.45, 2.75) is 6.54 Å². The lowest BCUT2D eigenvalue weighted by Crippen LogP contribution is -2.11. The normalized spacial score (nSPS) is 10.8. The molecule has 0 aliphatic rings. The van der Waals surface area contributed by atoms with E-state index in [1.165, 1.54) is 10.9 Å². The molecule has 2 heterocycles. The number of carbonyl (C=O) groups is 1. The summed E-state index contributed by atoms with van der Waals surface area (Å²) in [6, 6.07) is 5.97. The van der Waals surface area contributed by atoms with Crippen LogP contribution in [0.15, 0.2) is 29.9 Å². The number of nitrogens with one attached hydrogen (secondary N) is 1. The third-order valence-corrected chi connectivity index (χ3v) is 3.55. The van der Waals surface area contributed by atoms with Crippen molar-refractivity contribution in [3.63, 3.8) is 0 Å². The molecule has 0 amide bonds. The van der Waals surface area contributed by atoms with E-state index in [9.17, 15) is 4.79 Å². The molecule has 0 aliphatic carbocycles. The van der Waals surface area contributed by atoms with E-state index in [-0.39, 0.29) is 5.69 Å². The van der Waals surface area contributed by atoms with E-state index < -0.39 is 5.97 Å². The van der Waals surface area contributed by atoms with Crippen molar-refractivity contribution in [1.82, 2.24) is 20.0 Å². The van der Waals surface area contributed by atoms with Crippen molar-refractivity contribution >= 4 is 33.2 Å². The van der Waals surface area contributed by atoms with Gasteiger partial charge in [-0.1, -0.05) is 5.21 Å². The first-order valence-electron chi connectivity index (χ1n) is 5.93. The number of thiazole rings is 1. The molecular weight excluding hydrogens is 278 g/mol. The molecule has 2 aromatic heterocycles. The molecule has 20 heavy (non-hydrogen) atoms. The van der Waals surface area contributed by atoms with Gasteiger partial charge in [0, 0.05) is 12.2 Å². The zero-order valence-corrected chi connectivity index (χ0v) is 11.2. The number of aromatic nitrogens is 4. The predicted molar refractivity (Wildman–Crippen MR) is 75.1 cm³/mol. The Balaban J connectivity index is 1.59. The summed E-state index contributed by atoms with van der Waals surface area (Å²) in [7, 11) is 0. The quantitative estimate of drug-likeness (QED) is 0.742. The van der Waals surface area contributed by atoms with E-state index in [0.717, 1.165) is 15.9 Å². The summed E-state index contributed by atoms with van der Waals surface area (Å²) in [6.45, 7) is 1.17. The second-order valence-electron chi connectivity index (χ2n) is 4.13. The average molecular weight is 289 g/mol. The predicted octanol–water partition coefficient (Wildman–Crippen LogP) is 1.70. The zero-order chi connectivity index (χ0) is 13.9. The largest absolute Gasteiger partial charge is 0.476 e. The van der Waals surface area contributed by atoms with Crippen LogP contribution >= 0.6 is 11.3 Å². The van der Waals surface area contributed by atoms with Crippen LogP contribution < -0.4 is 5.32 Å². The van der Waals surface area contributed by atoms with Crippen LogP contribution in [0.1, 0.15) is 10.5 Å². The summed E-state index contributed by atoms with van der Waals surface area (Å²) in [5.41, 5.74) is 3.76. The number of fused-ring (bicyclic) bond motifs is 1. The number of rotatable bonds is 5. The van der Waals surface area contributed by atoms with Gasteiger partial charge >= 0.3 is 5.97 Å². The lowest BCUT2D eigenvalue weighted by Gasteiger charge is -2.05. The Labute approximate surface area is 117 Å². The topological polar surface area (TPSA) is 92.9 Å². The minimum absolute atomic E-state index is 0.0453. The van der Waals surface area contributed by atoms with Crippen molar-refractivity contribution in [3.8, 4) is 0 Å². The highest BCUT2D eigenvalue weighted by Gasteiger charge is 2.07. The van der Waals surface area contributed by atoms with Gasteiger partial charge in [-0.15, -0.1) is 16.4 Å². The van der Waals surface area contributed by atoms with Crippen molar-refractivity contribution in [1.29, 1.82) is 0 Å². The Hall–Kier alpha value is -2.48. The van der Waals surface area contributed by atoms with Crippen molar-refractivity contribution < 1.29 is 9.90 Å². The Kier molecular flexibility index (Phi) is 3.30. The maximum Gasteiger partial charge on any atom is 0.358 e. The van der Waals surface area contributed by atoms with E-state index in [2.05, 4.69) is 20.6 Å². The number of nitrogens with zero attached hydrogens (tertiary/aromatic N) is 4. The first kappa shape index (κ1) is 12.5. The number of benzene rings is 1. The molecule has 0 bridgehead atoms. The van der Waals surface area contributed by atoms with E-state index in [1.54, 1.807) is 11.3 Å². The SMILES string of the molecule is O=C(O)c1cn(CCNc2ccc3ncsc3c2)nn1. The summed E-state index contributed by atoms with van der Waals surface area (Å²) < 4.78 is 2.63. The van der Waals surface area contributed by atoms with Gasteiger partial charge in [0.1, 0.15) is 0 Å². The fraction of sp³-hybridized carbons (Fsp3) is 0.167. The third kappa shape index (κ3) is 2.59. The molecule has 0 atom stereocenters. The highest BCUT2D eigenvalue weighted by Crippen LogP contribution is 2.21. The van der Waals surface area contributed by atoms with Crippen LogP contribution in [0, 0.1) is 0 Å². The van der Waals surface area contributed by atoms with Gasteiger partial charge in [-0.05, 0) is 18.2 Å². The Morgan fingerprint density at radius 3 is 3.15 bits per heavy atom. The molecule has 0 unspecified atom stereocenters. The zero-order valence-electron chi connectivity index (χ0n) is 10.4. The standard InChI is InChI=1S/C12H11N5O2S/c18-12(19)10-6-17(16-15-10)4-3-13-8-1-2-9-11(5-8)20-7-14-9/h1-2,5-7,13H,3-4H2,(H,18,19). The number of carboxylic acids is 1. The van der Waals surface area contributed by atoms with Crippen molar-refractivity contribution in [2.75, 3.05) is 11.9 Å². The van der Waals surface area contributed by atoms with Crippen LogP contribution in [-0.4, -0.2) is 37.6 Å². The van der Waals surface area contributed by atoms with Crippen LogP contribution in [-0.2, 0) is 6.54 Å². The molecule has 0 fully saturated rings. The molecule has 102 valence electrons. The van der Waals surface area contributed by atoms with Crippen molar-refractivity contribution in [2.24, 2.45) is 0 Å². The summed E-state index contributed by atoms with van der Waals surface area (Å²) in [5, 5.41) is 19.3. The van der Waals surface area contributed by atoms with Gasteiger partial charge in [0.25, 0.3) is 0 Å². The molecule has 8 heteroatoms. The van der Waals surface area contributed by atoms with E-state index in [4.69, 9.17) is 5.11 Å². The van der Waals surface area contributed by atoms with Gasteiger partial charge in [-0.25, -0.2) is 14.5 Å². The second-order valence-corrected chi connectivity index (χ2v) is 5.02. The summed E-state index contributed by atoms with van der Waals surface area (Å²) >= 11 is 1.59. The van der Waals surface area contributed by atoms with E-state index >= 15 is 0 Å². The van der Waals surface area contributed by atoms with Gasteiger partial charge in [0.2, 0.25) is 0 Å². The monoisotopic (exact) mass is 289 g/mol. The molecule has 7 nitrogen and oxygen atoms in total. The number of hydrogen-bond donors (Lipinski definition) is 2. The molecule has 0 aliphatic heterocycles. The molecule has 3 aromatic rings. The van der Waals surface area contributed by atoms with Gasteiger partial charge < -0.3 is 10.4 Å². The molecule has 3 rings (SSSR count). The Morgan fingerprint density at radius 1 is 1.45 bits per heavy atom. The lowest BCUT2D eigenvalue weighted by atomic mass is 10.3. The highest BCUT2D eigenvalue weighted by atomic mass is 32.1. The lowest BCUT2D eigenvalue weighted by molar-refractivity contribution is 0.0690. The van der Waals surface area contributed by atoms with Crippen LogP contribution in [0.25, 0.3) is 10.2 Å². The van der Waals surface area contributed by atoms with Crippen LogP contribution in [0.3, 0.4) is 0 Å². The first-order valence-corrected chi connectivity index (χ1v) is 6.81. The van der Waals surface area contributed by atoms with Crippen LogP contribution in [0.4, 0.5) is 5.69 Å². The number of anilines is 1. The van der Waals surface area contributed by atoms with Crippen molar-refractivity contribution in [3.05, 3.63) is 35.6 Å². The molecule has 0 saturated heterocycles. The summed E-state index contributed by atoms with van der Waals surface area (Å²) in [5.74, 6) is -1.07. The second kappa shape index (κ2) is 5.25. The maximum absolute atomic E-state index is 10.7. The molecular formula is C12H11N5O2S. The molecule has 2 N–H and O–H groups in total. The smallest absolute Gasteiger partial charge is 0.358 e. The molecule has 1 aromatic carbocycles. The van der Waals surface area contributed by atoms with Crippen LogP contribution in [0.2, 0.25) is 0 Å². The molecule has 0 spiro atoms. The number of aromatic carboxylic acids is 1. The maximum atomic E-state index is 10.7. The highest BCUT2D eigenvalue weighted by molar-refractivity contribution is 7.16. The summed E-state index contributed by atoms with van der Waals surface area (Å²) in [4.78, 5) is 14.9. The average Bonchev–Trinajstić information content (AvgIpc) is 3.06. The summed E-state index contributed by atoms with van der Waals surface area (Å²) in [6.07, 6.45) is 1.41. The number of hydrogen-bond acceptors (Lipinski definition) is 6. The minimum atomic E-state index is -1.07. The fourth-order valence-corrected chi connectivity index (χ4v) is 2.50. The first-order chi connectivity index (χ1) is 9.72. The van der Waals surface area contributed by atoms with E-state index in [1.807, 2.05) is 23.7 Å². The van der Waals surface area contributed by atoms with Gasteiger partial charge in [0.05, 0.1) is 28.5 Å². The van der Waals surface area contributed by atoms with Gasteiger partial charge in [-0.2, -0.15) is 0 Å². The molecule has 0 saturated carbocycles. The Bertz CT molecular complexity index is 751. The van der Waals surface area contributed by atoms with Gasteiger partial charge in [-0.3, -0.25) is 0 Å². The molecule has 0 radical (unpaired) electrons. The van der Waals surface area contributed by atoms with Gasteiger partial charge in [0.15, 0.2) is 5.69 Å². The van der Waals surface area contributed by atoms with E-state index in [0.29, 0.717) is 13.1 Å². The fourth-order valence-electron chi connectivity index (χ4n) is 1.79.